The van der Waals surface area contributed by atoms with Gasteiger partial charge in [0.25, 0.3) is 0 Å². The summed E-state index contributed by atoms with van der Waals surface area (Å²) in [6.07, 6.45) is 0.980. The van der Waals surface area contributed by atoms with Gasteiger partial charge in [0, 0.05) is 12.3 Å². The highest BCUT2D eigenvalue weighted by molar-refractivity contribution is 7.18. The van der Waals surface area contributed by atoms with E-state index in [4.69, 9.17) is 4.98 Å². The predicted molar refractivity (Wildman–Crippen MR) is 97.0 cm³/mol. The Hall–Kier alpha value is -2.45. The van der Waals surface area contributed by atoms with Crippen molar-refractivity contribution in [2.24, 2.45) is 0 Å². The van der Waals surface area contributed by atoms with E-state index in [-0.39, 0.29) is 0 Å². The molecule has 0 N–H and O–H groups in total. The third-order valence-corrected chi connectivity index (χ3v) is 5.74. The minimum Gasteiger partial charge on any atom is -0.241 e. The minimum absolute atomic E-state index is 0.419. The largest absolute Gasteiger partial charge is 0.241 e. The van der Waals surface area contributed by atoms with Crippen molar-refractivity contribution in [2.45, 2.75) is 12.3 Å². The maximum absolute atomic E-state index is 4.84. The monoisotopic (exact) mass is 313 g/mol. The lowest BCUT2D eigenvalue weighted by Crippen LogP contribution is -2.00. The molecule has 0 radical (unpaired) electrons. The molecular formula is C21H15NS. The molecular weight excluding hydrogens is 298 g/mol. The Bertz CT molecular complexity index is 936. The number of hydrogen-bond donors (Lipinski definition) is 0. The Balaban J connectivity index is 1.62. The smallest absolute Gasteiger partial charge is 0.0948 e. The standard InChI is InChI=1S/C21H15NS/c1-3-9-16-14(7-1)15-8-2-4-10-17(15)18(16)13-21-22-19-11-5-6-12-20(19)23-21/h1-12,18H,13H2. The van der Waals surface area contributed by atoms with Crippen molar-refractivity contribution < 1.29 is 0 Å². The van der Waals surface area contributed by atoms with E-state index in [1.165, 1.54) is 32.0 Å². The van der Waals surface area contributed by atoms with Gasteiger partial charge in [0.2, 0.25) is 0 Å². The van der Waals surface area contributed by atoms with Gasteiger partial charge in [-0.1, -0.05) is 60.7 Å². The van der Waals surface area contributed by atoms with Gasteiger partial charge in [0.05, 0.1) is 15.2 Å². The summed E-state index contributed by atoms with van der Waals surface area (Å²) in [7, 11) is 0. The normalized spacial score (nSPS) is 13.2. The van der Waals surface area contributed by atoms with Crippen LogP contribution in [0.25, 0.3) is 21.3 Å². The number of nitrogens with zero attached hydrogens (tertiary/aromatic N) is 1. The molecule has 0 aliphatic heterocycles. The van der Waals surface area contributed by atoms with E-state index in [9.17, 15) is 0 Å². The van der Waals surface area contributed by atoms with Crippen molar-refractivity contribution in [1.82, 2.24) is 4.98 Å². The summed E-state index contributed by atoms with van der Waals surface area (Å²) >= 11 is 1.82. The van der Waals surface area contributed by atoms with Crippen LogP contribution in [0.5, 0.6) is 0 Å². The summed E-state index contributed by atoms with van der Waals surface area (Å²) in [6, 6.07) is 26.0. The van der Waals surface area contributed by atoms with E-state index in [0.717, 1.165) is 11.9 Å². The van der Waals surface area contributed by atoms with Crippen LogP contribution in [0.4, 0.5) is 0 Å². The Kier molecular flexibility index (Phi) is 2.85. The van der Waals surface area contributed by atoms with Crippen LogP contribution in [-0.2, 0) is 6.42 Å². The third-order valence-electron chi connectivity index (χ3n) is 4.68. The Labute approximate surface area is 139 Å². The molecule has 0 amide bonds. The fraction of sp³-hybridized carbons (Fsp3) is 0.0952. The minimum atomic E-state index is 0.419. The van der Waals surface area contributed by atoms with Crippen LogP contribution in [0.1, 0.15) is 22.1 Å². The molecule has 1 aliphatic rings. The molecule has 1 nitrogen and oxygen atoms in total. The predicted octanol–water partition coefficient (Wildman–Crippen LogP) is 5.65. The molecule has 1 aliphatic carbocycles. The number of rotatable bonds is 2. The first kappa shape index (κ1) is 13.0. The van der Waals surface area contributed by atoms with E-state index in [2.05, 4.69) is 72.8 Å². The molecule has 0 unspecified atom stereocenters. The van der Waals surface area contributed by atoms with E-state index >= 15 is 0 Å². The molecule has 3 aromatic carbocycles. The molecule has 0 atom stereocenters. The van der Waals surface area contributed by atoms with Gasteiger partial charge in [0.15, 0.2) is 0 Å². The first-order valence-electron chi connectivity index (χ1n) is 7.93. The molecule has 0 fully saturated rings. The average Bonchev–Trinajstić information content (AvgIpc) is 3.15. The molecule has 1 heterocycles. The van der Waals surface area contributed by atoms with Gasteiger partial charge in [-0.3, -0.25) is 0 Å². The lowest BCUT2D eigenvalue weighted by Gasteiger charge is -2.11. The zero-order valence-electron chi connectivity index (χ0n) is 12.6. The Morgan fingerprint density at radius 2 is 1.35 bits per heavy atom. The van der Waals surface area contributed by atoms with Gasteiger partial charge >= 0.3 is 0 Å². The number of fused-ring (bicyclic) bond motifs is 4. The molecule has 0 saturated heterocycles. The number of benzene rings is 3. The van der Waals surface area contributed by atoms with Crippen molar-refractivity contribution in [3.8, 4) is 11.1 Å². The molecule has 110 valence electrons. The second-order valence-electron chi connectivity index (χ2n) is 6.01. The summed E-state index contributed by atoms with van der Waals surface area (Å²) in [5, 5.41) is 1.22. The number of hydrogen-bond acceptors (Lipinski definition) is 2. The highest BCUT2D eigenvalue weighted by atomic mass is 32.1. The van der Waals surface area contributed by atoms with E-state index < -0.39 is 0 Å². The van der Waals surface area contributed by atoms with Gasteiger partial charge in [-0.2, -0.15) is 0 Å². The van der Waals surface area contributed by atoms with E-state index in [1.807, 2.05) is 11.3 Å². The average molecular weight is 313 g/mol. The highest BCUT2D eigenvalue weighted by Gasteiger charge is 2.28. The van der Waals surface area contributed by atoms with E-state index in [1.54, 1.807) is 0 Å². The van der Waals surface area contributed by atoms with E-state index in [0.29, 0.717) is 5.92 Å². The van der Waals surface area contributed by atoms with Crippen molar-refractivity contribution in [2.75, 3.05) is 0 Å². The molecule has 5 rings (SSSR count). The zero-order chi connectivity index (χ0) is 15.2. The van der Waals surface area contributed by atoms with Crippen LogP contribution in [0, 0.1) is 0 Å². The van der Waals surface area contributed by atoms with Gasteiger partial charge in [-0.15, -0.1) is 11.3 Å². The lowest BCUT2D eigenvalue weighted by atomic mass is 9.94. The third kappa shape index (κ3) is 2.02. The molecule has 0 spiro atoms. The fourth-order valence-corrected chi connectivity index (χ4v) is 4.67. The van der Waals surface area contributed by atoms with Gasteiger partial charge in [-0.05, 0) is 34.4 Å². The second kappa shape index (κ2) is 5.04. The maximum atomic E-state index is 4.84. The van der Waals surface area contributed by atoms with Crippen molar-refractivity contribution in [3.05, 3.63) is 88.9 Å². The highest BCUT2D eigenvalue weighted by Crippen LogP contribution is 2.46. The maximum Gasteiger partial charge on any atom is 0.0948 e. The van der Waals surface area contributed by atoms with Crippen LogP contribution < -0.4 is 0 Å². The Morgan fingerprint density at radius 1 is 0.739 bits per heavy atom. The molecule has 1 aromatic heterocycles. The summed E-state index contributed by atoms with van der Waals surface area (Å²) < 4.78 is 1.28. The van der Waals surface area contributed by atoms with Crippen molar-refractivity contribution in [1.29, 1.82) is 0 Å². The van der Waals surface area contributed by atoms with Gasteiger partial charge in [-0.25, -0.2) is 4.98 Å². The van der Waals surface area contributed by atoms with Crippen LogP contribution in [-0.4, -0.2) is 4.98 Å². The topological polar surface area (TPSA) is 12.9 Å². The van der Waals surface area contributed by atoms with Crippen LogP contribution in [0.15, 0.2) is 72.8 Å². The second-order valence-corrected chi connectivity index (χ2v) is 7.12. The molecule has 4 aromatic rings. The Morgan fingerprint density at radius 3 is 2.04 bits per heavy atom. The van der Waals surface area contributed by atoms with Gasteiger partial charge in [0.1, 0.15) is 0 Å². The van der Waals surface area contributed by atoms with Crippen molar-refractivity contribution in [3.63, 3.8) is 0 Å². The summed E-state index contributed by atoms with van der Waals surface area (Å²) in [5.74, 6) is 0.419. The SMILES string of the molecule is c1ccc2c(c1)-c1ccccc1C2Cc1nc2ccccc2s1. The summed E-state index contributed by atoms with van der Waals surface area (Å²) in [4.78, 5) is 4.84. The number of para-hydroxylation sites is 1. The van der Waals surface area contributed by atoms with Gasteiger partial charge < -0.3 is 0 Å². The number of thiazole rings is 1. The van der Waals surface area contributed by atoms with Crippen LogP contribution >= 0.6 is 11.3 Å². The molecule has 2 heteroatoms. The molecule has 0 bridgehead atoms. The first-order chi connectivity index (χ1) is 11.4. The van der Waals surface area contributed by atoms with Crippen molar-refractivity contribution >= 4 is 21.6 Å². The zero-order valence-corrected chi connectivity index (χ0v) is 13.4. The molecule has 23 heavy (non-hydrogen) atoms. The summed E-state index contributed by atoms with van der Waals surface area (Å²) in [5.41, 5.74) is 6.76. The summed E-state index contributed by atoms with van der Waals surface area (Å²) in [6.45, 7) is 0. The lowest BCUT2D eigenvalue weighted by molar-refractivity contribution is 0.822. The quantitative estimate of drug-likeness (QED) is 0.466. The number of aromatic nitrogens is 1. The van der Waals surface area contributed by atoms with Crippen LogP contribution in [0.3, 0.4) is 0 Å². The fourth-order valence-electron chi connectivity index (χ4n) is 3.66. The van der Waals surface area contributed by atoms with Crippen LogP contribution in [0.2, 0.25) is 0 Å². The molecule has 0 saturated carbocycles. The first-order valence-corrected chi connectivity index (χ1v) is 8.74.